The summed E-state index contributed by atoms with van der Waals surface area (Å²) in [6.45, 7) is 8.90. The van der Waals surface area contributed by atoms with Crippen molar-refractivity contribution in [2.45, 2.75) is 77.0 Å². The van der Waals surface area contributed by atoms with E-state index in [4.69, 9.17) is 0 Å². The van der Waals surface area contributed by atoms with Crippen LogP contribution in [0.3, 0.4) is 0 Å². The van der Waals surface area contributed by atoms with Crippen molar-refractivity contribution in [1.82, 2.24) is 0 Å². The number of rotatable bonds is 5. The second-order valence-corrected chi connectivity index (χ2v) is 11.3. The van der Waals surface area contributed by atoms with Gasteiger partial charge in [-0.15, -0.1) is 0 Å². The lowest BCUT2D eigenvalue weighted by atomic mass is 9.68. The highest BCUT2D eigenvalue weighted by molar-refractivity contribution is 5.98. The van der Waals surface area contributed by atoms with E-state index < -0.39 is 0 Å². The van der Waals surface area contributed by atoms with Gasteiger partial charge < -0.3 is 0 Å². The molecule has 5 rings (SSSR count). The summed E-state index contributed by atoms with van der Waals surface area (Å²) < 4.78 is 0. The molecule has 186 valence electrons. The van der Waals surface area contributed by atoms with Crippen molar-refractivity contribution in [3.05, 3.63) is 118 Å². The first kappa shape index (κ1) is 24.8. The third-order valence-corrected chi connectivity index (χ3v) is 8.79. The number of carbonyl (C=O) groups excluding carboxylic acids is 1. The van der Waals surface area contributed by atoms with E-state index in [1.165, 1.54) is 47.9 Å². The monoisotopic (exact) mass is 476 g/mol. The van der Waals surface area contributed by atoms with Crippen LogP contribution in [0.1, 0.15) is 86.5 Å². The Hall–Kier alpha value is -2.93. The minimum atomic E-state index is -0.129. The van der Waals surface area contributed by atoms with Crippen molar-refractivity contribution in [2.75, 3.05) is 0 Å². The van der Waals surface area contributed by atoms with E-state index in [0.29, 0.717) is 0 Å². The molecule has 2 atom stereocenters. The highest BCUT2D eigenvalue weighted by atomic mass is 16.1. The Morgan fingerprint density at radius 1 is 0.972 bits per heavy atom. The third-order valence-electron chi connectivity index (χ3n) is 8.79. The standard InChI is InChI=1S/C35H40O/c1-4-27-20-21-34(36)35(32-11-7-9-30-8-5-6-10-31(30)32)33(27)23-25(3)22-26-14-18-29(19-15-26)28-16-12-24(2)13-17-28/h4-6,8,10,14-15,18-21,23-24,28,32,35H,3,7,9,11-13,16-17,22H2,1-2H3/b27-4-,33-23+/t24?,28?,32-,35?/m0/s1. The van der Waals surface area contributed by atoms with Gasteiger partial charge in [-0.2, -0.15) is 0 Å². The van der Waals surface area contributed by atoms with E-state index in [1.807, 2.05) is 6.08 Å². The first-order valence-corrected chi connectivity index (χ1v) is 14.0. The van der Waals surface area contributed by atoms with Crippen molar-refractivity contribution < 1.29 is 4.79 Å². The molecule has 0 amide bonds. The van der Waals surface area contributed by atoms with Gasteiger partial charge in [0.15, 0.2) is 5.78 Å². The second kappa shape index (κ2) is 11.0. The number of carbonyl (C=O) groups is 1. The van der Waals surface area contributed by atoms with Gasteiger partial charge in [0.25, 0.3) is 0 Å². The van der Waals surface area contributed by atoms with E-state index in [2.05, 4.69) is 81.1 Å². The maximum atomic E-state index is 13.3. The molecule has 1 nitrogen and oxygen atoms in total. The Labute approximate surface area is 217 Å². The number of benzene rings is 2. The zero-order chi connectivity index (χ0) is 25.1. The van der Waals surface area contributed by atoms with Gasteiger partial charge in [0.2, 0.25) is 0 Å². The smallest absolute Gasteiger partial charge is 0.163 e. The summed E-state index contributed by atoms with van der Waals surface area (Å²) in [7, 11) is 0. The summed E-state index contributed by atoms with van der Waals surface area (Å²) in [6, 6.07) is 18.0. The Morgan fingerprint density at radius 3 is 2.47 bits per heavy atom. The largest absolute Gasteiger partial charge is 0.294 e. The zero-order valence-electron chi connectivity index (χ0n) is 22.0. The quantitative estimate of drug-likeness (QED) is 0.421. The molecule has 36 heavy (non-hydrogen) atoms. The molecular formula is C35H40O. The normalized spacial score (nSPS) is 28.3. The summed E-state index contributed by atoms with van der Waals surface area (Å²) in [5, 5.41) is 0. The fraction of sp³-hybridized carbons (Fsp3) is 0.400. The molecule has 0 spiro atoms. The summed E-state index contributed by atoms with van der Waals surface area (Å²) in [6.07, 6.45) is 17.6. The van der Waals surface area contributed by atoms with Gasteiger partial charge >= 0.3 is 0 Å². The topological polar surface area (TPSA) is 17.1 Å². The third kappa shape index (κ3) is 5.26. The number of fused-ring (bicyclic) bond motifs is 1. The molecule has 0 heterocycles. The van der Waals surface area contributed by atoms with Gasteiger partial charge in [-0.1, -0.05) is 98.7 Å². The molecule has 1 heteroatoms. The molecule has 2 aromatic carbocycles. The lowest BCUT2D eigenvalue weighted by Gasteiger charge is -2.35. The highest BCUT2D eigenvalue weighted by Gasteiger charge is 2.36. The van der Waals surface area contributed by atoms with E-state index in [9.17, 15) is 4.79 Å². The van der Waals surface area contributed by atoms with Gasteiger partial charge in [-0.3, -0.25) is 4.79 Å². The first-order valence-electron chi connectivity index (χ1n) is 14.0. The van der Waals surface area contributed by atoms with Crippen LogP contribution in [-0.4, -0.2) is 5.78 Å². The molecule has 1 saturated carbocycles. The van der Waals surface area contributed by atoms with Crippen LogP contribution in [0.15, 0.2) is 96.1 Å². The van der Waals surface area contributed by atoms with Crippen molar-refractivity contribution in [2.24, 2.45) is 11.8 Å². The molecule has 3 aliphatic carbocycles. The Bertz CT molecular complexity index is 1200. The SMILES string of the molecule is C=C(/C=C1\C(=C/C)C=CC(=O)C1[C@H]1CCCc2ccccc21)Cc1ccc(C2CCC(C)CC2)cc1. The lowest BCUT2D eigenvalue weighted by molar-refractivity contribution is -0.118. The summed E-state index contributed by atoms with van der Waals surface area (Å²) in [5.41, 5.74) is 8.92. The molecule has 0 aliphatic heterocycles. The first-order chi connectivity index (χ1) is 17.5. The van der Waals surface area contributed by atoms with Gasteiger partial charge in [0.1, 0.15) is 0 Å². The molecule has 3 aliphatic rings. The minimum Gasteiger partial charge on any atom is -0.294 e. The van der Waals surface area contributed by atoms with Gasteiger partial charge in [-0.25, -0.2) is 0 Å². The van der Waals surface area contributed by atoms with E-state index in [-0.39, 0.29) is 17.6 Å². The fourth-order valence-electron chi connectivity index (χ4n) is 6.73. The molecule has 0 bridgehead atoms. The number of hydrogen-bond donors (Lipinski definition) is 0. The number of allylic oxidation sites excluding steroid dienone is 7. The van der Waals surface area contributed by atoms with Gasteiger partial charge in [0.05, 0.1) is 5.92 Å². The van der Waals surface area contributed by atoms with Crippen LogP contribution >= 0.6 is 0 Å². The maximum Gasteiger partial charge on any atom is 0.163 e. The van der Waals surface area contributed by atoms with Crippen LogP contribution in [0, 0.1) is 11.8 Å². The van der Waals surface area contributed by atoms with E-state index >= 15 is 0 Å². The van der Waals surface area contributed by atoms with Crippen molar-refractivity contribution in [1.29, 1.82) is 0 Å². The summed E-state index contributed by atoms with van der Waals surface area (Å²) in [5.74, 6) is 1.94. The van der Waals surface area contributed by atoms with Crippen molar-refractivity contribution in [3.8, 4) is 0 Å². The Kier molecular flexibility index (Phi) is 7.56. The Balaban J connectivity index is 1.37. The molecule has 1 unspecified atom stereocenters. The minimum absolute atomic E-state index is 0.129. The molecule has 2 aromatic rings. The Morgan fingerprint density at radius 2 is 1.72 bits per heavy atom. The number of aryl methyl sites for hydroxylation is 1. The molecule has 1 fully saturated rings. The average molecular weight is 477 g/mol. The second-order valence-electron chi connectivity index (χ2n) is 11.3. The predicted octanol–water partition coefficient (Wildman–Crippen LogP) is 8.83. The van der Waals surface area contributed by atoms with Crippen LogP contribution in [0.4, 0.5) is 0 Å². The fourth-order valence-corrected chi connectivity index (χ4v) is 6.73. The lowest BCUT2D eigenvalue weighted by Crippen LogP contribution is -2.29. The van der Waals surface area contributed by atoms with E-state index in [1.54, 1.807) is 6.08 Å². The van der Waals surface area contributed by atoms with Gasteiger partial charge in [0, 0.05) is 0 Å². The maximum absolute atomic E-state index is 13.3. The van der Waals surface area contributed by atoms with Crippen LogP contribution in [-0.2, 0) is 17.6 Å². The van der Waals surface area contributed by atoms with Crippen LogP contribution < -0.4 is 0 Å². The number of hydrogen-bond acceptors (Lipinski definition) is 1. The van der Waals surface area contributed by atoms with E-state index in [0.717, 1.165) is 54.2 Å². The zero-order valence-corrected chi connectivity index (χ0v) is 22.0. The molecule has 0 saturated heterocycles. The molecule has 0 N–H and O–H groups in total. The van der Waals surface area contributed by atoms with Crippen LogP contribution in [0.2, 0.25) is 0 Å². The van der Waals surface area contributed by atoms with Crippen molar-refractivity contribution >= 4 is 5.78 Å². The average Bonchev–Trinajstić information content (AvgIpc) is 2.90. The molecule has 0 aromatic heterocycles. The summed E-state index contributed by atoms with van der Waals surface area (Å²) in [4.78, 5) is 13.3. The highest BCUT2D eigenvalue weighted by Crippen LogP contribution is 2.44. The van der Waals surface area contributed by atoms with Crippen molar-refractivity contribution in [3.63, 3.8) is 0 Å². The number of ketones is 1. The summed E-state index contributed by atoms with van der Waals surface area (Å²) >= 11 is 0. The molecular weight excluding hydrogens is 436 g/mol. The molecule has 0 radical (unpaired) electrons. The van der Waals surface area contributed by atoms with Crippen LogP contribution in [0.5, 0.6) is 0 Å². The predicted molar refractivity (Wildman–Crippen MR) is 151 cm³/mol. The van der Waals surface area contributed by atoms with Gasteiger partial charge in [-0.05, 0) is 103 Å². The van der Waals surface area contributed by atoms with Crippen LogP contribution in [0.25, 0.3) is 0 Å².